The normalized spacial score (nSPS) is 19.8. The summed E-state index contributed by atoms with van der Waals surface area (Å²) in [5.74, 6) is 0.0747. The highest BCUT2D eigenvalue weighted by atomic mass is 16.2. The van der Waals surface area contributed by atoms with Crippen LogP contribution in [0.15, 0.2) is 36.4 Å². The van der Waals surface area contributed by atoms with E-state index in [1.165, 1.54) is 0 Å². The topological polar surface area (TPSA) is 92.4 Å². The molecule has 0 saturated carbocycles. The van der Waals surface area contributed by atoms with Gasteiger partial charge in [-0.25, -0.2) is 0 Å². The number of nitrogen functional groups attached to an aromatic ring is 1. The summed E-state index contributed by atoms with van der Waals surface area (Å²) in [6.45, 7) is 1.51. The van der Waals surface area contributed by atoms with Crippen LogP contribution in [-0.4, -0.2) is 40.0 Å². The molecule has 4 rings (SSSR count). The van der Waals surface area contributed by atoms with E-state index in [0.717, 1.165) is 16.9 Å². The molecule has 0 bridgehead atoms. The van der Waals surface area contributed by atoms with Crippen molar-refractivity contribution in [3.63, 3.8) is 0 Å². The van der Waals surface area contributed by atoms with Gasteiger partial charge in [-0.3, -0.25) is 9.59 Å². The lowest BCUT2D eigenvalue weighted by molar-refractivity contribution is -0.136. The lowest BCUT2D eigenvalue weighted by Gasteiger charge is -2.30. The quantitative estimate of drug-likeness (QED) is 0.882. The van der Waals surface area contributed by atoms with Crippen LogP contribution >= 0.6 is 0 Å². The van der Waals surface area contributed by atoms with E-state index >= 15 is 0 Å². The summed E-state index contributed by atoms with van der Waals surface area (Å²) >= 11 is 0. The molecular weight excluding hydrogens is 318 g/mol. The van der Waals surface area contributed by atoms with Crippen LogP contribution in [0.3, 0.4) is 0 Å². The number of nitrogens with two attached hydrogens (primary N) is 1. The monoisotopic (exact) mass is 337 g/mol. The van der Waals surface area contributed by atoms with Crippen molar-refractivity contribution in [3.05, 3.63) is 47.7 Å². The van der Waals surface area contributed by atoms with Crippen LogP contribution in [0.1, 0.15) is 17.7 Å². The molecule has 0 radical (unpaired) electrons. The van der Waals surface area contributed by atoms with Gasteiger partial charge in [0.05, 0.1) is 11.6 Å². The number of fused-ring (bicyclic) bond motifs is 1. The van der Waals surface area contributed by atoms with Crippen molar-refractivity contribution in [3.8, 4) is 0 Å². The Morgan fingerprint density at radius 2 is 2.00 bits per heavy atom. The van der Waals surface area contributed by atoms with E-state index in [-0.39, 0.29) is 24.2 Å². The standard InChI is InChI=1S/C18H19N5O2/c19-16-8-12-10-22(7-6-15(12)20-21-16)18(25)13-9-17(24)23(11-13)14-4-2-1-3-5-14/h1-5,8,13H,6-7,9-11H2,(H2,19,21). The van der Waals surface area contributed by atoms with Gasteiger partial charge in [0.25, 0.3) is 0 Å². The molecule has 1 fully saturated rings. The van der Waals surface area contributed by atoms with Crippen LogP contribution in [0.2, 0.25) is 0 Å². The highest BCUT2D eigenvalue weighted by Gasteiger charge is 2.38. The highest BCUT2D eigenvalue weighted by molar-refractivity contribution is 6.00. The molecular formula is C18H19N5O2. The molecule has 1 atom stereocenters. The van der Waals surface area contributed by atoms with E-state index in [4.69, 9.17) is 5.73 Å². The van der Waals surface area contributed by atoms with Crippen molar-refractivity contribution < 1.29 is 9.59 Å². The molecule has 0 aliphatic carbocycles. The zero-order valence-electron chi connectivity index (χ0n) is 13.8. The van der Waals surface area contributed by atoms with Crippen LogP contribution in [0.4, 0.5) is 11.5 Å². The van der Waals surface area contributed by atoms with Gasteiger partial charge in [0.2, 0.25) is 11.8 Å². The largest absolute Gasteiger partial charge is 0.382 e. The van der Waals surface area contributed by atoms with Crippen molar-refractivity contribution in [2.24, 2.45) is 5.92 Å². The fourth-order valence-electron chi connectivity index (χ4n) is 3.52. The Balaban J connectivity index is 1.48. The van der Waals surface area contributed by atoms with Crippen LogP contribution < -0.4 is 10.6 Å². The van der Waals surface area contributed by atoms with E-state index in [2.05, 4.69) is 10.2 Å². The fraction of sp³-hybridized carbons (Fsp3) is 0.333. The fourth-order valence-corrected chi connectivity index (χ4v) is 3.52. The van der Waals surface area contributed by atoms with Gasteiger partial charge in [-0.05, 0) is 23.8 Å². The maximum Gasteiger partial charge on any atom is 0.228 e. The van der Waals surface area contributed by atoms with Crippen LogP contribution in [0.25, 0.3) is 0 Å². The van der Waals surface area contributed by atoms with Crippen LogP contribution in [-0.2, 0) is 22.6 Å². The van der Waals surface area contributed by atoms with Crippen molar-refractivity contribution in [2.75, 3.05) is 23.7 Å². The lowest BCUT2D eigenvalue weighted by atomic mass is 10.0. The molecule has 2 aromatic rings. The Bertz CT molecular complexity index is 823. The summed E-state index contributed by atoms with van der Waals surface area (Å²) in [5.41, 5.74) is 8.38. The number of anilines is 2. The van der Waals surface area contributed by atoms with E-state index in [1.807, 2.05) is 30.3 Å². The molecule has 7 heteroatoms. The molecule has 2 N–H and O–H groups in total. The maximum atomic E-state index is 12.9. The van der Waals surface area contributed by atoms with Crippen molar-refractivity contribution in [2.45, 2.75) is 19.4 Å². The predicted molar refractivity (Wildman–Crippen MR) is 92.5 cm³/mol. The minimum atomic E-state index is -0.304. The molecule has 2 aliphatic heterocycles. The average Bonchev–Trinajstić information content (AvgIpc) is 3.03. The van der Waals surface area contributed by atoms with E-state index in [0.29, 0.717) is 31.9 Å². The van der Waals surface area contributed by atoms with Crippen molar-refractivity contribution in [1.82, 2.24) is 15.1 Å². The maximum absolute atomic E-state index is 12.9. The SMILES string of the molecule is Nc1cc2c(nn1)CCN(C(=O)C1CC(=O)N(c3ccccc3)C1)C2. The number of carbonyl (C=O) groups is 2. The average molecular weight is 337 g/mol. The molecule has 1 aromatic heterocycles. The summed E-state index contributed by atoms with van der Waals surface area (Å²) in [7, 11) is 0. The third-order valence-corrected chi connectivity index (χ3v) is 4.81. The minimum absolute atomic E-state index is 0.00271. The van der Waals surface area contributed by atoms with Crippen LogP contribution in [0.5, 0.6) is 0 Å². The number of rotatable bonds is 2. The molecule has 3 heterocycles. The van der Waals surface area contributed by atoms with Crippen LogP contribution in [0, 0.1) is 5.92 Å². The molecule has 1 aromatic carbocycles. The predicted octanol–water partition coefficient (Wildman–Crippen LogP) is 0.997. The zero-order valence-corrected chi connectivity index (χ0v) is 13.8. The smallest absolute Gasteiger partial charge is 0.228 e. The number of hydrogen-bond donors (Lipinski definition) is 1. The van der Waals surface area contributed by atoms with Gasteiger partial charge in [0, 0.05) is 38.2 Å². The Morgan fingerprint density at radius 3 is 2.80 bits per heavy atom. The molecule has 2 amide bonds. The summed E-state index contributed by atoms with van der Waals surface area (Å²) in [4.78, 5) is 28.7. The second kappa shape index (κ2) is 6.16. The van der Waals surface area contributed by atoms with E-state index in [1.54, 1.807) is 15.9 Å². The number of carbonyl (C=O) groups excluding carboxylic acids is 2. The van der Waals surface area contributed by atoms with Crippen molar-refractivity contribution >= 4 is 23.3 Å². The van der Waals surface area contributed by atoms with Gasteiger partial charge < -0.3 is 15.5 Å². The summed E-state index contributed by atoms with van der Waals surface area (Å²) in [6.07, 6.45) is 0.922. The number of hydrogen-bond acceptors (Lipinski definition) is 5. The number of amides is 2. The number of nitrogens with zero attached hydrogens (tertiary/aromatic N) is 4. The molecule has 1 saturated heterocycles. The van der Waals surface area contributed by atoms with Gasteiger partial charge in [-0.2, -0.15) is 5.10 Å². The molecule has 2 aliphatic rings. The first-order valence-electron chi connectivity index (χ1n) is 8.37. The van der Waals surface area contributed by atoms with E-state index < -0.39 is 0 Å². The van der Waals surface area contributed by atoms with E-state index in [9.17, 15) is 9.59 Å². The number of aromatic nitrogens is 2. The highest BCUT2D eigenvalue weighted by Crippen LogP contribution is 2.28. The Labute approximate surface area is 145 Å². The van der Waals surface area contributed by atoms with Gasteiger partial charge in [0.1, 0.15) is 5.82 Å². The minimum Gasteiger partial charge on any atom is -0.382 e. The van der Waals surface area contributed by atoms with Gasteiger partial charge >= 0.3 is 0 Å². The molecule has 1 unspecified atom stereocenters. The number of benzene rings is 1. The summed E-state index contributed by atoms with van der Waals surface area (Å²) in [6, 6.07) is 11.3. The van der Waals surface area contributed by atoms with Gasteiger partial charge in [0.15, 0.2) is 0 Å². The molecule has 128 valence electrons. The van der Waals surface area contributed by atoms with Gasteiger partial charge in [-0.1, -0.05) is 18.2 Å². The summed E-state index contributed by atoms with van der Waals surface area (Å²) in [5, 5.41) is 7.96. The summed E-state index contributed by atoms with van der Waals surface area (Å²) < 4.78 is 0. The van der Waals surface area contributed by atoms with Crippen molar-refractivity contribution in [1.29, 1.82) is 0 Å². The molecule has 0 spiro atoms. The molecule has 25 heavy (non-hydrogen) atoms. The first-order chi connectivity index (χ1) is 12.1. The zero-order chi connectivity index (χ0) is 17.4. The van der Waals surface area contributed by atoms with Gasteiger partial charge in [-0.15, -0.1) is 5.10 Å². The third-order valence-electron chi connectivity index (χ3n) is 4.81. The second-order valence-electron chi connectivity index (χ2n) is 6.49. The Morgan fingerprint density at radius 1 is 1.20 bits per heavy atom. The number of para-hydroxylation sites is 1. The Kier molecular flexibility index (Phi) is 3.83. The first-order valence-corrected chi connectivity index (χ1v) is 8.37. The second-order valence-corrected chi connectivity index (χ2v) is 6.49. The third kappa shape index (κ3) is 2.93. The lowest BCUT2D eigenvalue weighted by Crippen LogP contribution is -2.41. The first kappa shape index (κ1) is 15.6. The molecule has 7 nitrogen and oxygen atoms in total. The Hall–Kier alpha value is -2.96.